The molecule has 4 N–H and O–H groups in total. The second kappa shape index (κ2) is 7.76. The van der Waals surface area contributed by atoms with Gasteiger partial charge in [-0.2, -0.15) is 5.10 Å². The van der Waals surface area contributed by atoms with E-state index >= 15 is 0 Å². The summed E-state index contributed by atoms with van der Waals surface area (Å²) in [4.78, 5) is 27.0. The number of nitrogens with two attached hydrogens (primary N) is 2. The summed E-state index contributed by atoms with van der Waals surface area (Å²) in [6, 6.07) is 3.38. The van der Waals surface area contributed by atoms with Crippen LogP contribution in [0.15, 0.2) is 18.2 Å². The van der Waals surface area contributed by atoms with E-state index in [-0.39, 0.29) is 22.0 Å². The maximum atomic E-state index is 13.8. The predicted molar refractivity (Wildman–Crippen MR) is 118 cm³/mol. The van der Waals surface area contributed by atoms with Crippen LogP contribution < -0.4 is 11.5 Å². The molecule has 1 atom stereocenters. The second-order valence-corrected chi connectivity index (χ2v) is 9.88. The minimum absolute atomic E-state index is 0.0554. The molecule has 1 aromatic heterocycles. The molecular formula is C23H27ClFN5O2. The van der Waals surface area contributed by atoms with Gasteiger partial charge in [0, 0.05) is 12.1 Å². The van der Waals surface area contributed by atoms with Crippen molar-refractivity contribution in [1.29, 1.82) is 0 Å². The average Bonchev–Trinajstić information content (AvgIpc) is 3.14. The number of benzene rings is 1. The third-order valence-electron chi connectivity index (χ3n) is 7.69. The number of aromatic nitrogens is 2. The molecule has 2 aliphatic carbocycles. The van der Waals surface area contributed by atoms with Gasteiger partial charge in [0.1, 0.15) is 11.5 Å². The topological polar surface area (TPSA) is 107 Å². The van der Waals surface area contributed by atoms with Gasteiger partial charge >= 0.3 is 6.03 Å². The number of carbonyl (C=O) groups excluding carboxylic acids is 2. The monoisotopic (exact) mass is 459 g/mol. The van der Waals surface area contributed by atoms with Gasteiger partial charge in [-0.1, -0.05) is 37.3 Å². The van der Waals surface area contributed by atoms with Crippen molar-refractivity contribution in [1.82, 2.24) is 14.7 Å². The number of carbonyl (C=O) groups is 2. The molecule has 0 saturated heterocycles. The van der Waals surface area contributed by atoms with Crippen molar-refractivity contribution in [2.24, 2.45) is 22.8 Å². The summed E-state index contributed by atoms with van der Waals surface area (Å²) >= 11 is 6.01. The highest BCUT2D eigenvalue weighted by molar-refractivity contribution is 6.31. The van der Waals surface area contributed by atoms with E-state index in [4.69, 9.17) is 28.2 Å². The van der Waals surface area contributed by atoms with Crippen molar-refractivity contribution in [3.63, 3.8) is 0 Å². The minimum atomic E-state index is -0.627. The number of urea groups is 1. The molecule has 1 aliphatic heterocycles. The molecule has 2 saturated carbocycles. The van der Waals surface area contributed by atoms with Gasteiger partial charge < -0.3 is 16.4 Å². The SMILES string of the molecule is NC(=O)c1c(-c2ccc(F)c(Cl)c2)nn2c1C(C13CCCC(CCC1)C3)N(C(N)=O)CC2. The van der Waals surface area contributed by atoms with Crippen LogP contribution >= 0.6 is 11.6 Å². The van der Waals surface area contributed by atoms with Crippen LogP contribution in [0.25, 0.3) is 11.3 Å². The Morgan fingerprint density at radius 1 is 1.16 bits per heavy atom. The van der Waals surface area contributed by atoms with E-state index in [9.17, 15) is 14.0 Å². The van der Waals surface area contributed by atoms with E-state index in [2.05, 4.69) is 0 Å². The van der Waals surface area contributed by atoms with Crippen molar-refractivity contribution < 1.29 is 14.0 Å². The van der Waals surface area contributed by atoms with Gasteiger partial charge in [-0.05, 0) is 48.8 Å². The summed E-state index contributed by atoms with van der Waals surface area (Å²) in [6.45, 7) is 0.826. The Morgan fingerprint density at radius 2 is 1.88 bits per heavy atom. The zero-order valence-electron chi connectivity index (χ0n) is 17.8. The van der Waals surface area contributed by atoms with Gasteiger partial charge in [0.2, 0.25) is 0 Å². The Hall–Kier alpha value is -2.61. The molecule has 32 heavy (non-hydrogen) atoms. The van der Waals surface area contributed by atoms with E-state index in [1.54, 1.807) is 15.6 Å². The lowest BCUT2D eigenvalue weighted by Gasteiger charge is -2.54. The molecule has 9 heteroatoms. The number of hydrogen-bond acceptors (Lipinski definition) is 3. The zero-order valence-corrected chi connectivity index (χ0v) is 18.6. The van der Waals surface area contributed by atoms with Gasteiger partial charge in [-0.15, -0.1) is 0 Å². The number of hydrogen-bond donors (Lipinski definition) is 2. The first-order chi connectivity index (χ1) is 15.3. The fourth-order valence-corrected chi connectivity index (χ4v) is 6.65. The number of fused-ring (bicyclic) bond motifs is 3. The fraction of sp³-hybridized carbons (Fsp3) is 0.522. The summed E-state index contributed by atoms with van der Waals surface area (Å²) in [7, 11) is 0. The lowest BCUT2D eigenvalue weighted by atomic mass is 9.57. The average molecular weight is 460 g/mol. The molecule has 3 aliphatic rings. The molecule has 2 aromatic rings. The lowest BCUT2D eigenvalue weighted by molar-refractivity contribution is -0.0178. The number of halogens is 2. The molecule has 1 unspecified atom stereocenters. The fourth-order valence-electron chi connectivity index (χ4n) is 6.47. The first-order valence-corrected chi connectivity index (χ1v) is 11.6. The molecule has 0 spiro atoms. The molecule has 5 rings (SSSR count). The van der Waals surface area contributed by atoms with Crippen LogP contribution in [0.3, 0.4) is 0 Å². The van der Waals surface area contributed by atoms with Crippen molar-refractivity contribution in [3.8, 4) is 11.3 Å². The molecule has 170 valence electrons. The third kappa shape index (κ3) is 3.27. The first kappa shape index (κ1) is 21.2. The van der Waals surface area contributed by atoms with E-state index in [1.165, 1.54) is 25.0 Å². The highest BCUT2D eigenvalue weighted by Crippen LogP contribution is 2.58. The molecule has 2 bridgehead atoms. The molecular weight excluding hydrogens is 433 g/mol. The summed E-state index contributed by atoms with van der Waals surface area (Å²) in [5, 5.41) is 4.65. The molecule has 0 radical (unpaired) electrons. The van der Waals surface area contributed by atoms with Crippen molar-refractivity contribution in [2.75, 3.05) is 6.54 Å². The molecule has 2 heterocycles. The molecule has 3 amide bonds. The first-order valence-electron chi connectivity index (χ1n) is 11.2. The predicted octanol–water partition coefficient (Wildman–Crippen LogP) is 4.24. The van der Waals surface area contributed by atoms with Crippen molar-refractivity contribution in [2.45, 2.75) is 57.5 Å². The Labute approximate surface area is 190 Å². The van der Waals surface area contributed by atoms with Crippen LogP contribution in [0.4, 0.5) is 9.18 Å². The van der Waals surface area contributed by atoms with E-state index < -0.39 is 17.8 Å². The largest absolute Gasteiger partial charge is 0.365 e. The van der Waals surface area contributed by atoms with Crippen LogP contribution in [-0.2, 0) is 6.54 Å². The van der Waals surface area contributed by atoms with Crippen LogP contribution in [-0.4, -0.2) is 33.2 Å². The van der Waals surface area contributed by atoms with Gasteiger partial charge in [0.15, 0.2) is 0 Å². The Balaban J connectivity index is 1.72. The van der Waals surface area contributed by atoms with Crippen LogP contribution in [0.1, 0.15) is 67.0 Å². The Morgan fingerprint density at radius 3 is 2.50 bits per heavy atom. The van der Waals surface area contributed by atoms with Gasteiger partial charge in [0.05, 0.1) is 28.9 Å². The summed E-state index contributed by atoms with van der Waals surface area (Å²) < 4.78 is 15.6. The molecule has 7 nitrogen and oxygen atoms in total. The maximum absolute atomic E-state index is 13.8. The number of nitrogens with zero attached hydrogens (tertiary/aromatic N) is 3. The Bertz CT molecular complexity index is 1090. The number of amides is 3. The second-order valence-electron chi connectivity index (χ2n) is 9.48. The molecule has 1 aromatic carbocycles. The van der Waals surface area contributed by atoms with Gasteiger partial charge in [-0.3, -0.25) is 9.48 Å². The maximum Gasteiger partial charge on any atom is 0.315 e. The van der Waals surface area contributed by atoms with Crippen molar-refractivity contribution in [3.05, 3.63) is 40.3 Å². The number of primary amides is 2. The van der Waals surface area contributed by atoms with E-state index in [0.29, 0.717) is 36.0 Å². The standard InChI is InChI=1S/C23H27ClFN5O2/c24-15-11-14(5-6-16(15)25)18-17(21(26)31)19-20(29(22(27)32)9-10-30(19)28-18)23-7-1-3-13(12-23)4-2-8-23/h5-6,11,13,20H,1-4,7-10,12H2,(H2,26,31)(H2,27,32). The highest BCUT2D eigenvalue weighted by atomic mass is 35.5. The number of rotatable bonds is 3. The Kier molecular flexibility index (Phi) is 5.15. The van der Waals surface area contributed by atoms with Crippen LogP contribution in [0.5, 0.6) is 0 Å². The third-order valence-corrected chi connectivity index (χ3v) is 7.98. The zero-order chi connectivity index (χ0) is 22.6. The normalized spacial score (nSPS) is 27.1. The minimum Gasteiger partial charge on any atom is -0.365 e. The smallest absolute Gasteiger partial charge is 0.315 e. The highest BCUT2D eigenvalue weighted by Gasteiger charge is 2.52. The summed E-state index contributed by atoms with van der Waals surface area (Å²) in [5.74, 6) is -0.553. The lowest BCUT2D eigenvalue weighted by Crippen LogP contribution is -2.53. The van der Waals surface area contributed by atoms with Gasteiger partial charge in [-0.25, -0.2) is 9.18 Å². The summed E-state index contributed by atoms with van der Waals surface area (Å²) in [6.07, 6.45) is 7.53. The van der Waals surface area contributed by atoms with Crippen molar-refractivity contribution >= 4 is 23.5 Å². The summed E-state index contributed by atoms with van der Waals surface area (Å²) in [5.41, 5.74) is 13.4. The van der Waals surface area contributed by atoms with Crippen LogP contribution in [0, 0.1) is 17.2 Å². The van der Waals surface area contributed by atoms with E-state index in [0.717, 1.165) is 32.1 Å². The van der Waals surface area contributed by atoms with Crippen LogP contribution in [0.2, 0.25) is 5.02 Å². The van der Waals surface area contributed by atoms with E-state index in [1.807, 2.05) is 0 Å². The quantitative estimate of drug-likeness (QED) is 0.716. The molecule has 2 fully saturated rings. The van der Waals surface area contributed by atoms with Gasteiger partial charge in [0.25, 0.3) is 5.91 Å².